The Morgan fingerprint density at radius 3 is 2.30 bits per heavy atom. The average molecular weight is 389 g/mol. The first-order valence-corrected chi connectivity index (χ1v) is 9.23. The Morgan fingerprint density at radius 2 is 1.74 bits per heavy atom. The number of nitro benzene ring substituents is 1. The molecule has 27 heavy (non-hydrogen) atoms. The molecule has 0 aromatic heterocycles. The third-order valence-electron chi connectivity index (χ3n) is 3.53. The van der Waals surface area contributed by atoms with Crippen molar-refractivity contribution >= 4 is 29.2 Å². The van der Waals surface area contributed by atoms with Gasteiger partial charge in [0.1, 0.15) is 5.75 Å². The number of esters is 1. The van der Waals surface area contributed by atoms with Gasteiger partial charge in [-0.05, 0) is 50.2 Å². The van der Waals surface area contributed by atoms with Gasteiger partial charge in [0.15, 0.2) is 6.10 Å². The van der Waals surface area contributed by atoms with Crippen LogP contribution in [-0.4, -0.2) is 35.1 Å². The van der Waals surface area contributed by atoms with Gasteiger partial charge in [-0.3, -0.25) is 19.7 Å². The molecule has 0 radical (unpaired) electrons. The third kappa shape index (κ3) is 6.10. The van der Waals surface area contributed by atoms with Gasteiger partial charge >= 0.3 is 5.97 Å². The fourth-order valence-corrected chi connectivity index (χ4v) is 2.89. The van der Waals surface area contributed by atoms with E-state index in [1.54, 1.807) is 36.4 Å². The molecule has 0 amide bonds. The van der Waals surface area contributed by atoms with E-state index in [1.807, 2.05) is 6.92 Å². The number of hydrogen-bond donors (Lipinski definition) is 0. The van der Waals surface area contributed by atoms with Gasteiger partial charge in [-0.15, -0.1) is 11.8 Å². The van der Waals surface area contributed by atoms with Gasteiger partial charge in [-0.2, -0.15) is 0 Å². The average Bonchev–Trinajstić information content (AvgIpc) is 2.67. The van der Waals surface area contributed by atoms with Gasteiger partial charge in [0.05, 0.1) is 17.3 Å². The van der Waals surface area contributed by atoms with Crippen LogP contribution in [0.2, 0.25) is 0 Å². The minimum atomic E-state index is -0.909. The van der Waals surface area contributed by atoms with E-state index in [4.69, 9.17) is 9.47 Å². The van der Waals surface area contributed by atoms with Gasteiger partial charge in [0, 0.05) is 22.6 Å². The van der Waals surface area contributed by atoms with Crippen LogP contribution >= 0.6 is 11.8 Å². The summed E-state index contributed by atoms with van der Waals surface area (Å²) >= 11 is 1.18. The summed E-state index contributed by atoms with van der Waals surface area (Å²) in [6, 6.07) is 12.5. The van der Waals surface area contributed by atoms with Crippen molar-refractivity contribution in [3.8, 4) is 5.75 Å². The monoisotopic (exact) mass is 389 g/mol. The SMILES string of the molecule is CCOc1ccc(C(=O)[C@@H](C)OC(=O)CSc2ccc([N+](=O)[O-])cc2)cc1. The molecular formula is C19H19NO6S. The van der Waals surface area contributed by atoms with Crippen molar-refractivity contribution in [1.29, 1.82) is 0 Å². The number of non-ortho nitro benzene ring substituents is 1. The van der Waals surface area contributed by atoms with Gasteiger partial charge in [-0.25, -0.2) is 0 Å². The van der Waals surface area contributed by atoms with E-state index in [0.717, 1.165) is 0 Å². The second-order valence-corrected chi connectivity index (χ2v) is 6.54. The molecule has 0 heterocycles. The number of ketones is 1. The van der Waals surface area contributed by atoms with E-state index in [9.17, 15) is 19.7 Å². The number of thioether (sulfide) groups is 1. The fourth-order valence-electron chi connectivity index (χ4n) is 2.21. The van der Waals surface area contributed by atoms with Crippen LogP contribution in [-0.2, 0) is 9.53 Å². The zero-order valence-electron chi connectivity index (χ0n) is 14.9. The van der Waals surface area contributed by atoms with Crippen LogP contribution in [0.1, 0.15) is 24.2 Å². The Labute approximate surface area is 160 Å². The molecule has 0 aliphatic rings. The number of carbonyl (C=O) groups is 2. The lowest BCUT2D eigenvalue weighted by molar-refractivity contribution is -0.384. The normalized spacial score (nSPS) is 11.5. The molecule has 0 N–H and O–H groups in total. The minimum Gasteiger partial charge on any atom is -0.494 e. The number of benzene rings is 2. The Bertz CT molecular complexity index is 804. The van der Waals surface area contributed by atoms with Crippen LogP contribution in [0.15, 0.2) is 53.4 Å². The lowest BCUT2D eigenvalue weighted by atomic mass is 10.1. The van der Waals surface area contributed by atoms with Crippen LogP contribution in [0.4, 0.5) is 5.69 Å². The highest BCUT2D eigenvalue weighted by atomic mass is 32.2. The van der Waals surface area contributed by atoms with Crippen molar-refractivity contribution in [3.63, 3.8) is 0 Å². The van der Waals surface area contributed by atoms with Crippen molar-refractivity contribution in [2.24, 2.45) is 0 Å². The standard InChI is InChI=1S/C19H19NO6S/c1-3-25-16-8-4-14(5-9-16)19(22)13(2)26-18(21)12-27-17-10-6-15(7-11-17)20(23)24/h4-11,13H,3,12H2,1-2H3/t13-/m1/s1. The van der Waals surface area contributed by atoms with Crippen LogP contribution in [0.3, 0.4) is 0 Å². The summed E-state index contributed by atoms with van der Waals surface area (Å²) in [6.45, 7) is 3.93. The van der Waals surface area contributed by atoms with Crippen LogP contribution < -0.4 is 4.74 Å². The second-order valence-electron chi connectivity index (χ2n) is 5.49. The molecule has 0 fully saturated rings. The van der Waals surface area contributed by atoms with Gasteiger partial charge in [-0.1, -0.05) is 0 Å². The largest absolute Gasteiger partial charge is 0.494 e. The van der Waals surface area contributed by atoms with E-state index in [0.29, 0.717) is 22.8 Å². The van der Waals surface area contributed by atoms with Crippen LogP contribution in [0.25, 0.3) is 0 Å². The molecule has 2 aromatic carbocycles. The van der Waals surface area contributed by atoms with E-state index in [2.05, 4.69) is 0 Å². The number of nitrogens with zero attached hydrogens (tertiary/aromatic N) is 1. The molecule has 2 aromatic rings. The molecule has 0 aliphatic heterocycles. The Hall–Kier alpha value is -2.87. The number of Topliss-reactive ketones (excluding diaryl/α,β-unsaturated/α-hetero) is 1. The smallest absolute Gasteiger partial charge is 0.316 e. The molecule has 0 unspecified atom stereocenters. The van der Waals surface area contributed by atoms with Gasteiger partial charge in [0.25, 0.3) is 5.69 Å². The summed E-state index contributed by atoms with van der Waals surface area (Å²) in [4.78, 5) is 35.1. The zero-order chi connectivity index (χ0) is 19.8. The highest BCUT2D eigenvalue weighted by Crippen LogP contribution is 2.22. The maximum atomic E-state index is 12.3. The summed E-state index contributed by atoms with van der Waals surface area (Å²) < 4.78 is 10.5. The molecule has 1 atom stereocenters. The molecule has 8 heteroatoms. The Kier molecular flexibility index (Phi) is 7.36. The highest BCUT2D eigenvalue weighted by molar-refractivity contribution is 8.00. The quantitative estimate of drug-likeness (QED) is 0.211. The maximum absolute atomic E-state index is 12.3. The highest BCUT2D eigenvalue weighted by Gasteiger charge is 2.19. The first-order valence-electron chi connectivity index (χ1n) is 8.24. The molecular weight excluding hydrogens is 370 g/mol. The van der Waals surface area contributed by atoms with Crippen molar-refractivity contribution in [1.82, 2.24) is 0 Å². The Balaban J connectivity index is 1.85. The molecule has 0 saturated carbocycles. The van der Waals surface area contributed by atoms with Crippen molar-refractivity contribution < 1.29 is 24.0 Å². The van der Waals surface area contributed by atoms with E-state index in [1.165, 1.54) is 30.8 Å². The van der Waals surface area contributed by atoms with Gasteiger partial charge in [0.2, 0.25) is 5.78 Å². The van der Waals surface area contributed by atoms with Crippen LogP contribution in [0.5, 0.6) is 5.75 Å². The predicted molar refractivity (Wildman–Crippen MR) is 101 cm³/mol. The van der Waals surface area contributed by atoms with Crippen LogP contribution in [0, 0.1) is 10.1 Å². The predicted octanol–water partition coefficient (Wildman–Crippen LogP) is 3.90. The molecule has 0 spiro atoms. The molecule has 0 bridgehead atoms. The molecule has 142 valence electrons. The first kappa shape index (κ1) is 20.4. The number of hydrogen-bond acceptors (Lipinski definition) is 7. The summed E-state index contributed by atoms with van der Waals surface area (Å²) in [5.74, 6) is -0.173. The van der Waals surface area contributed by atoms with Crippen molar-refractivity contribution in [2.45, 2.75) is 24.8 Å². The number of rotatable bonds is 9. The lowest BCUT2D eigenvalue weighted by Crippen LogP contribution is -2.25. The molecule has 0 aliphatic carbocycles. The minimum absolute atomic E-state index is 0.00128. The number of ether oxygens (including phenoxy) is 2. The molecule has 0 saturated heterocycles. The van der Waals surface area contributed by atoms with Gasteiger partial charge < -0.3 is 9.47 Å². The van der Waals surface area contributed by atoms with E-state index >= 15 is 0 Å². The fraction of sp³-hybridized carbons (Fsp3) is 0.263. The zero-order valence-corrected chi connectivity index (χ0v) is 15.7. The summed E-state index contributed by atoms with van der Waals surface area (Å²) in [5.41, 5.74) is 0.415. The molecule has 7 nitrogen and oxygen atoms in total. The van der Waals surface area contributed by atoms with Crippen molar-refractivity contribution in [3.05, 3.63) is 64.2 Å². The summed E-state index contributed by atoms with van der Waals surface area (Å²) in [7, 11) is 0. The first-order chi connectivity index (χ1) is 12.9. The summed E-state index contributed by atoms with van der Waals surface area (Å²) in [5, 5.41) is 10.6. The maximum Gasteiger partial charge on any atom is 0.316 e. The lowest BCUT2D eigenvalue weighted by Gasteiger charge is -2.12. The van der Waals surface area contributed by atoms with E-state index in [-0.39, 0.29) is 17.2 Å². The summed E-state index contributed by atoms with van der Waals surface area (Å²) in [6.07, 6.45) is -0.909. The van der Waals surface area contributed by atoms with Crippen molar-refractivity contribution in [2.75, 3.05) is 12.4 Å². The Morgan fingerprint density at radius 1 is 1.11 bits per heavy atom. The number of nitro groups is 1. The molecule has 2 rings (SSSR count). The second kappa shape index (κ2) is 9.72. The van der Waals surface area contributed by atoms with E-state index < -0.39 is 17.0 Å². The third-order valence-corrected chi connectivity index (χ3v) is 4.52. The topological polar surface area (TPSA) is 95.7 Å². The number of carbonyl (C=O) groups excluding carboxylic acids is 2.